The summed E-state index contributed by atoms with van der Waals surface area (Å²) >= 11 is 0. The van der Waals surface area contributed by atoms with E-state index < -0.39 is 0 Å². The summed E-state index contributed by atoms with van der Waals surface area (Å²) in [5.74, 6) is -0.189. The Bertz CT molecular complexity index is 771. The number of pyridine rings is 1. The van der Waals surface area contributed by atoms with Gasteiger partial charge in [0.15, 0.2) is 5.76 Å². The van der Waals surface area contributed by atoms with Crippen LogP contribution in [-0.4, -0.2) is 52.8 Å². The molecule has 0 aromatic carbocycles. The van der Waals surface area contributed by atoms with Crippen LogP contribution in [0.3, 0.4) is 0 Å². The molecule has 2 aromatic heterocycles. The van der Waals surface area contributed by atoms with Crippen LogP contribution < -0.4 is 5.56 Å². The van der Waals surface area contributed by atoms with Gasteiger partial charge in [-0.25, -0.2) is 0 Å². The number of carbonyl (C=O) groups excluding carboxylic acids is 2. The Balaban J connectivity index is 1.68. The molecule has 3 rings (SSSR count). The van der Waals surface area contributed by atoms with Crippen molar-refractivity contribution < 1.29 is 14.0 Å². The van der Waals surface area contributed by atoms with Gasteiger partial charge in [0, 0.05) is 32.4 Å². The van der Waals surface area contributed by atoms with Gasteiger partial charge in [-0.05, 0) is 30.7 Å². The van der Waals surface area contributed by atoms with Gasteiger partial charge in [0.25, 0.3) is 17.4 Å². The zero-order chi connectivity index (χ0) is 16.4. The van der Waals surface area contributed by atoms with Gasteiger partial charge in [-0.1, -0.05) is 0 Å². The summed E-state index contributed by atoms with van der Waals surface area (Å²) in [5.41, 5.74) is 0.426. The Labute approximate surface area is 132 Å². The molecule has 0 spiro atoms. The summed E-state index contributed by atoms with van der Waals surface area (Å²) in [5, 5.41) is 0. The number of nitrogens with one attached hydrogen (secondary N) is 1. The maximum absolute atomic E-state index is 12.5. The fourth-order valence-electron chi connectivity index (χ4n) is 2.67. The number of rotatable bonds is 2. The summed E-state index contributed by atoms with van der Waals surface area (Å²) in [6.45, 7) is 3.33. The third-order valence-corrected chi connectivity index (χ3v) is 3.97. The quantitative estimate of drug-likeness (QED) is 0.891. The summed E-state index contributed by atoms with van der Waals surface area (Å²) in [6.07, 6.45) is 2.98. The molecule has 7 heteroatoms. The second-order valence-electron chi connectivity index (χ2n) is 5.43. The number of carbonyl (C=O) groups is 2. The van der Waals surface area contributed by atoms with Crippen LogP contribution in [-0.2, 0) is 0 Å². The molecular weight excluding hydrogens is 298 g/mol. The maximum Gasteiger partial charge on any atom is 0.289 e. The molecule has 1 N–H and O–H groups in total. The van der Waals surface area contributed by atoms with Crippen molar-refractivity contribution in [3.63, 3.8) is 0 Å². The predicted octanol–water partition coefficient (Wildman–Crippen LogP) is 0.875. The van der Waals surface area contributed by atoms with E-state index in [9.17, 15) is 14.4 Å². The van der Waals surface area contributed by atoms with E-state index in [1.165, 1.54) is 12.5 Å². The van der Waals surface area contributed by atoms with E-state index >= 15 is 0 Å². The van der Waals surface area contributed by atoms with Crippen LogP contribution in [0, 0.1) is 6.92 Å². The van der Waals surface area contributed by atoms with Gasteiger partial charge in [0.1, 0.15) is 5.56 Å². The van der Waals surface area contributed by atoms with Crippen molar-refractivity contribution in [1.29, 1.82) is 0 Å². The Morgan fingerprint density at radius 2 is 1.74 bits per heavy atom. The van der Waals surface area contributed by atoms with Gasteiger partial charge in [-0.15, -0.1) is 0 Å². The fraction of sp³-hybridized carbons (Fsp3) is 0.312. The highest BCUT2D eigenvalue weighted by Crippen LogP contribution is 2.12. The molecule has 0 atom stereocenters. The number of nitrogens with zero attached hydrogens (tertiary/aromatic N) is 2. The standard InChI is InChI=1S/C16H17N3O4/c1-11-4-5-17-14(20)13(11)16(22)19-8-6-18(7-9-19)15(21)12-3-2-10-23-12/h2-5,10H,6-9H2,1H3,(H,17,20). The molecule has 3 heterocycles. The number of hydrogen-bond donors (Lipinski definition) is 1. The molecule has 2 aromatic rings. The van der Waals surface area contributed by atoms with Crippen LogP contribution in [0.4, 0.5) is 0 Å². The molecule has 0 aliphatic carbocycles. The van der Waals surface area contributed by atoms with Gasteiger partial charge in [0.2, 0.25) is 0 Å². The van der Waals surface area contributed by atoms with E-state index in [1.807, 2.05) is 0 Å². The van der Waals surface area contributed by atoms with Crippen LogP contribution in [0.2, 0.25) is 0 Å². The molecule has 2 amide bonds. The topological polar surface area (TPSA) is 86.6 Å². The lowest BCUT2D eigenvalue weighted by Crippen LogP contribution is -2.51. The lowest BCUT2D eigenvalue weighted by atomic mass is 10.1. The van der Waals surface area contributed by atoms with Crippen molar-refractivity contribution >= 4 is 11.8 Å². The molecule has 1 fully saturated rings. The predicted molar refractivity (Wildman–Crippen MR) is 82.3 cm³/mol. The third kappa shape index (κ3) is 2.90. The Morgan fingerprint density at radius 1 is 1.09 bits per heavy atom. The Hall–Kier alpha value is -2.83. The molecule has 120 valence electrons. The summed E-state index contributed by atoms with van der Waals surface area (Å²) in [7, 11) is 0. The number of aromatic nitrogens is 1. The molecular formula is C16H17N3O4. The highest BCUT2D eigenvalue weighted by molar-refractivity contribution is 5.95. The van der Waals surface area contributed by atoms with Crippen LogP contribution in [0.15, 0.2) is 39.9 Å². The van der Waals surface area contributed by atoms with E-state index in [-0.39, 0.29) is 22.9 Å². The summed E-state index contributed by atoms with van der Waals surface area (Å²) in [4.78, 5) is 42.4. The SMILES string of the molecule is Cc1cc[nH]c(=O)c1C(=O)N1CCN(C(=O)c2ccco2)CC1. The molecule has 0 unspecified atom stereocenters. The normalized spacial score (nSPS) is 14.8. The first kappa shape index (κ1) is 15.1. The number of furan rings is 1. The first-order valence-electron chi connectivity index (χ1n) is 7.38. The van der Waals surface area contributed by atoms with Crippen molar-refractivity contribution in [3.8, 4) is 0 Å². The van der Waals surface area contributed by atoms with Gasteiger partial charge < -0.3 is 19.2 Å². The number of amides is 2. The number of aromatic amines is 1. The molecule has 7 nitrogen and oxygen atoms in total. The average molecular weight is 315 g/mol. The van der Waals surface area contributed by atoms with Crippen LogP contribution in [0.1, 0.15) is 26.5 Å². The minimum atomic E-state index is -0.385. The first-order valence-corrected chi connectivity index (χ1v) is 7.38. The van der Waals surface area contributed by atoms with E-state index in [1.54, 1.807) is 34.9 Å². The molecule has 0 bridgehead atoms. The molecule has 1 aliphatic heterocycles. The van der Waals surface area contributed by atoms with E-state index in [4.69, 9.17) is 4.42 Å². The zero-order valence-corrected chi connectivity index (χ0v) is 12.7. The van der Waals surface area contributed by atoms with E-state index in [2.05, 4.69) is 4.98 Å². The summed E-state index contributed by atoms with van der Waals surface area (Å²) < 4.78 is 5.11. The molecule has 0 saturated carbocycles. The first-order chi connectivity index (χ1) is 11.1. The lowest BCUT2D eigenvalue weighted by Gasteiger charge is -2.34. The van der Waals surface area contributed by atoms with E-state index in [0.29, 0.717) is 37.5 Å². The third-order valence-electron chi connectivity index (χ3n) is 3.97. The van der Waals surface area contributed by atoms with Crippen LogP contribution >= 0.6 is 0 Å². The largest absolute Gasteiger partial charge is 0.459 e. The lowest BCUT2D eigenvalue weighted by molar-refractivity contribution is 0.0517. The zero-order valence-electron chi connectivity index (χ0n) is 12.7. The molecule has 1 aliphatic rings. The molecule has 0 radical (unpaired) electrons. The number of aryl methyl sites for hydroxylation is 1. The van der Waals surface area contributed by atoms with E-state index in [0.717, 1.165) is 0 Å². The van der Waals surface area contributed by atoms with Crippen molar-refractivity contribution in [1.82, 2.24) is 14.8 Å². The summed E-state index contributed by atoms with van der Waals surface area (Å²) in [6, 6.07) is 4.98. The van der Waals surface area contributed by atoms with Gasteiger partial charge in [0.05, 0.1) is 6.26 Å². The Kier molecular flexibility index (Phi) is 4.01. The molecule has 23 heavy (non-hydrogen) atoms. The number of hydrogen-bond acceptors (Lipinski definition) is 4. The van der Waals surface area contributed by atoms with Gasteiger partial charge >= 0.3 is 0 Å². The minimum absolute atomic E-state index is 0.165. The average Bonchev–Trinajstić information content (AvgIpc) is 3.08. The minimum Gasteiger partial charge on any atom is -0.459 e. The highest BCUT2D eigenvalue weighted by Gasteiger charge is 2.28. The highest BCUT2D eigenvalue weighted by atomic mass is 16.3. The molecule has 1 saturated heterocycles. The van der Waals surface area contributed by atoms with Crippen molar-refractivity contribution in [2.24, 2.45) is 0 Å². The monoisotopic (exact) mass is 315 g/mol. The van der Waals surface area contributed by atoms with Crippen molar-refractivity contribution in [2.75, 3.05) is 26.2 Å². The maximum atomic E-state index is 12.5. The van der Waals surface area contributed by atoms with Crippen molar-refractivity contribution in [2.45, 2.75) is 6.92 Å². The van der Waals surface area contributed by atoms with Crippen LogP contribution in [0.5, 0.6) is 0 Å². The number of piperazine rings is 1. The van der Waals surface area contributed by atoms with Crippen molar-refractivity contribution in [3.05, 3.63) is 57.9 Å². The van der Waals surface area contributed by atoms with Gasteiger partial charge in [-0.3, -0.25) is 14.4 Å². The second-order valence-corrected chi connectivity index (χ2v) is 5.43. The Morgan fingerprint density at radius 3 is 2.30 bits per heavy atom. The van der Waals surface area contributed by atoms with Crippen LogP contribution in [0.25, 0.3) is 0 Å². The smallest absolute Gasteiger partial charge is 0.289 e. The number of H-pyrrole nitrogens is 1. The van der Waals surface area contributed by atoms with Gasteiger partial charge in [-0.2, -0.15) is 0 Å². The fourth-order valence-corrected chi connectivity index (χ4v) is 2.67. The second kappa shape index (κ2) is 6.12.